The highest BCUT2D eigenvalue weighted by Crippen LogP contribution is 2.18. The number of hydrogen-bond acceptors (Lipinski definition) is 3. The predicted octanol–water partition coefficient (Wildman–Crippen LogP) is 2.19. The van der Waals surface area contributed by atoms with Gasteiger partial charge in [-0.1, -0.05) is 0 Å². The summed E-state index contributed by atoms with van der Waals surface area (Å²) in [5.74, 6) is 0.813. The lowest BCUT2D eigenvalue weighted by Gasteiger charge is -2.10. The van der Waals surface area contributed by atoms with Gasteiger partial charge in [0.25, 0.3) is 0 Å². The van der Waals surface area contributed by atoms with Gasteiger partial charge < -0.3 is 16.0 Å². The molecule has 0 aromatic carbocycles. The average Bonchev–Trinajstić information content (AvgIpc) is 3.04. The molecule has 0 spiro atoms. The molecular formula is C12H18N4O. The lowest BCUT2D eigenvalue weighted by atomic mass is 10.3. The zero-order valence-corrected chi connectivity index (χ0v) is 10.2. The van der Waals surface area contributed by atoms with E-state index in [1.165, 1.54) is 0 Å². The average molecular weight is 234 g/mol. The maximum Gasteiger partial charge on any atom is 0.319 e. The number of rotatable bonds is 4. The van der Waals surface area contributed by atoms with Crippen molar-refractivity contribution in [3.05, 3.63) is 18.3 Å². The zero-order valence-electron chi connectivity index (χ0n) is 10.2. The molecule has 17 heavy (non-hydrogen) atoms. The van der Waals surface area contributed by atoms with Gasteiger partial charge in [-0.3, -0.25) is 0 Å². The van der Waals surface area contributed by atoms with Crippen molar-refractivity contribution < 1.29 is 4.79 Å². The molecule has 1 heterocycles. The molecule has 0 unspecified atom stereocenters. The summed E-state index contributed by atoms with van der Waals surface area (Å²) >= 11 is 0. The Morgan fingerprint density at radius 3 is 2.71 bits per heavy atom. The second kappa shape index (κ2) is 5.03. The Kier molecular flexibility index (Phi) is 3.46. The maximum atomic E-state index is 11.5. The van der Waals surface area contributed by atoms with Crippen LogP contribution in [0.15, 0.2) is 18.3 Å². The summed E-state index contributed by atoms with van der Waals surface area (Å²) in [5, 5.41) is 8.80. The molecule has 3 N–H and O–H groups in total. The van der Waals surface area contributed by atoms with Crippen LogP contribution in [0.5, 0.6) is 0 Å². The van der Waals surface area contributed by atoms with Gasteiger partial charge in [-0.2, -0.15) is 0 Å². The number of nitrogens with zero attached hydrogens (tertiary/aromatic N) is 1. The van der Waals surface area contributed by atoms with Crippen molar-refractivity contribution in [2.75, 3.05) is 10.6 Å². The number of carbonyl (C=O) groups excluding carboxylic acids is 1. The topological polar surface area (TPSA) is 66.0 Å². The Morgan fingerprint density at radius 2 is 2.18 bits per heavy atom. The number of nitrogens with one attached hydrogen (secondary N) is 3. The first kappa shape index (κ1) is 11.7. The van der Waals surface area contributed by atoms with Crippen LogP contribution in [-0.4, -0.2) is 23.1 Å². The van der Waals surface area contributed by atoms with Gasteiger partial charge in [0.05, 0.1) is 11.9 Å². The minimum absolute atomic E-state index is 0.154. The van der Waals surface area contributed by atoms with E-state index in [9.17, 15) is 4.79 Å². The molecule has 1 fully saturated rings. The van der Waals surface area contributed by atoms with Crippen molar-refractivity contribution in [1.82, 2.24) is 10.3 Å². The summed E-state index contributed by atoms with van der Waals surface area (Å²) < 4.78 is 0. The van der Waals surface area contributed by atoms with Crippen LogP contribution >= 0.6 is 0 Å². The predicted molar refractivity (Wildman–Crippen MR) is 68.2 cm³/mol. The molecule has 5 heteroatoms. The smallest absolute Gasteiger partial charge is 0.319 e. The van der Waals surface area contributed by atoms with Crippen molar-refractivity contribution >= 4 is 17.5 Å². The van der Waals surface area contributed by atoms with Gasteiger partial charge in [0.1, 0.15) is 5.82 Å². The number of hydrogen-bond donors (Lipinski definition) is 3. The number of anilines is 2. The molecule has 2 rings (SSSR count). The molecule has 0 aliphatic heterocycles. The molecule has 5 nitrogen and oxygen atoms in total. The molecule has 1 aliphatic rings. The number of amides is 2. The van der Waals surface area contributed by atoms with E-state index < -0.39 is 0 Å². The Morgan fingerprint density at radius 1 is 1.41 bits per heavy atom. The zero-order chi connectivity index (χ0) is 12.3. The van der Waals surface area contributed by atoms with E-state index in [2.05, 4.69) is 34.8 Å². The largest absolute Gasteiger partial charge is 0.368 e. The van der Waals surface area contributed by atoms with Crippen molar-refractivity contribution in [2.45, 2.75) is 38.8 Å². The highest BCUT2D eigenvalue weighted by Gasteiger charge is 2.23. The van der Waals surface area contributed by atoms with E-state index in [0.29, 0.717) is 17.8 Å². The fourth-order valence-corrected chi connectivity index (χ4v) is 1.43. The van der Waals surface area contributed by atoms with Gasteiger partial charge in [-0.15, -0.1) is 0 Å². The summed E-state index contributed by atoms with van der Waals surface area (Å²) in [6.45, 7) is 4.11. The van der Waals surface area contributed by atoms with Gasteiger partial charge >= 0.3 is 6.03 Å². The number of pyridine rings is 1. The number of carbonyl (C=O) groups is 1. The number of urea groups is 1. The van der Waals surface area contributed by atoms with Crippen LogP contribution in [0.1, 0.15) is 26.7 Å². The van der Waals surface area contributed by atoms with Crippen LogP contribution in [0.2, 0.25) is 0 Å². The first-order valence-electron chi connectivity index (χ1n) is 5.93. The van der Waals surface area contributed by atoms with Crippen molar-refractivity contribution in [3.8, 4) is 0 Å². The van der Waals surface area contributed by atoms with Crippen LogP contribution in [0.3, 0.4) is 0 Å². The Balaban J connectivity index is 1.86. The fraction of sp³-hybridized carbons (Fsp3) is 0.500. The molecule has 1 aromatic heterocycles. The third kappa shape index (κ3) is 3.94. The van der Waals surface area contributed by atoms with Gasteiger partial charge in [0.2, 0.25) is 0 Å². The Bertz CT molecular complexity index is 384. The Labute approximate surface area is 101 Å². The minimum atomic E-state index is -0.154. The summed E-state index contributed by atoms with van der Waals surface area (Å²) in [6.07, 6.45) is 3.82. The first-order valence-corrected chi connectivity index (χ1v) is 5.93. The lowest BCUT2D eigenvalue weighted by molar-refractivity contribution is 0.251. The third-order valence-corrected chi connectivity index (χ3v) is 2.37. The quantitative estimate of drug-likeness (QED) is 0.748. The molecule has 0 saturated heterocycles. The van der Waals surface area contributed by atoms with Crippen LogP contribution in [-0.2, 0) is 0 Å². The molecule has 0 bridgehead atoms. The minimum Gasteiger partial charge on any atom is -0.368 e. The van der Waals surface area contributed by atoms with Gasteiger partial charge in [0, 0.05) is 12.1 Å². The van der Waals surface area contributed by atoms with Crippen molar-refractivity contribution in [3.63, 3.8) is 0 Å². The molecule has 1 aromatic rings. The first-order chi connectivity index (χ1) is 8.13. The molecule has 2 amide bonds. The van der Waals surface area contributed by atoms with E-state index >= 15 is 0 Å². The van der Waals surface area contributed by atoms with Crippen LogP contribution in [0.4, 0.5) is 16.3 Å². The molecule has 0 radical (unpaired) electrons. The van der Waals surface area contributed by atoms with E-state index in [1.54, 1.807) is 6.20 Å². The third-order valence-electron chi connectivity index (χ3n) is 2.37. The normalized spacial score (nSPS) is 14.5. The van der Waals surface area contributed by atoms with Gasteiger partial charge in [-0.25, -0.2) is 9.78 Å². The fourth-order valence-electron chi connectivity index (χ4n) is 1.43. The highest BCUT2D eigenvalue weighted by atomic mass is 16.2. The summed E-state index contributed by atoms with van der Waals surface area (Å²) in [5.41, 5.74) is 0.706. The van der Waals surface area contributed by atoms with Crippen LogP contribution < -0.4 is 16.0 Å². The van der Waals surface area contributed by atoms with Crippen molar-refractivity contribution in [2.24, 2.45) is 0 Å². The highest BCUT2D eigenvalue weighted by molar-refractivity contribution is 5.89. The number of aromatic nitrogens is 1. The monoisotopic (exact) mass is 234 g/mol. The summed E-state index contributed by atoms with van der Waals surface area (Å²) in [7, 11) is 0. The maximum absolute atomic E-state index is 11.5. The van der Waals surface area contributed by atoms with E-state index in [-0.39, 0.29) is 6.03 Å². The van der Waals surface area contributed by atoms with E-state index in [4.69, 9.17) is 0 Å². The molecule has 1 saturated carbocycles. The Hall–Kier alpha value is -1.78. The lowest BCUT2D eigenvalue weighted by Crippen LogP contribution is -2.30. The molecular weight excluding hydrogens is 216 g/mol. The standard InChI is InChI=1S/C12H18N4O/c1-8(2)14-11-6-5-10(7-13-11)16-12(17)15-9-3-4-9/h5-9H,3-4H2,1-2H3,(H,13,14)(H2,15,16,17). The second-order valence-corrected chi connectivity index (χ2v) is 4.60. The van der Waals surface area contributed by atoms with Gasteiger partial charge in [0.15, 0.2) is 0 Å². The van der Waals surface area contributed by atoms with Crippen LogP contribution in [0.25, 0.3) is 0 Å². The molecule has 92 valence electrons. The SMILES string of the molecule is CC(C)Nc1ccc(NC(=O)NC2CC2)cn1. The van der Waals surface area contributed by atoms with E-state index in [1.807, 2.05) is 12.1 Å². The molecule has 1 aliphatic carbocycles. The summed E-state index contributed by atoms with van der Waals surface area (Å²) in [6, 6.07) is 4.25. The van der Waals surface area contributed by atoms with Crippen LogP contribution in [0, 0.1) is 0 Å². The van der Waals surface area contributed by atoms with Crippen molar-refractivity contribution in [1.29, 1.82) is 0 Å². The van der Waals surface area contributed by atoms with Gasteiger partial charge in [-0.05, 0) is 38.8 Å². The molecule has 0 atom stereocenters. The summed E-state index contributed by atoms with van der Waals surface area (Å²) in [4.78, 5) is 15.7. The van der Waals surface area contributed by atoms with E-state index in [0.717, 1.165) is 18.7 Å². The second-order valence-electron chi connectivity index (χ2n) is 4.60.